The van der Waals surface area contributed by atoms with Crippen LogP contribution < -0.4 is 4.74 Å². The van der Waals surface area contributed by atoms with Crippen molar-refractivity contribution in [2.24, 2.45) is 0 Å². The summed E-state index contributed by atoms with van der Waals surface area (Å²) < 4.78 is 18.4. The van der Waals surface area contributed by atoms with Crippen LogP contribution in [0.5, 0.6) is 5.75 Å². The molecule has 0 unspecified atom stereocenters. The number of hydrogen-bond acceptors (Lipinski definition) is 2. The summed E-state index contributed by atoms with van der Waals surface area (Å²) in [5.41, 5.74) is 0.458. The van der Waals surface area contributed by atoms with Gasteiger partial charge >= 0.3 is 0 Å². The molecule has 0 heterocycles. The van der Waals surface area contributed by atoms with Crippen LogP contribution in [0.2, 0.25) is 0 Å². The maximum Gasteiger partial charge on any atom is 0.165 e. The molecule has 3 heteroatoms. The smallest absolute Gasteiger partial charge is 0.165 e. The van der Waals surface area contributed by atoms with Crippen molar-refractivity contribution in [2.75, 3.05) is 7.11 Å². The molecule has 1 aromatic rings. The van der Waals surface area contributed by atoms with E-state index in [0.29, 0.717) is 6.42 Å². The number of ether oxygens (including phenoxy) is 1. The largest absolute Gasteiger partial charge is 0.494 e. The van der Waals surface area contributed by atoms with E-state index < -0.39 is 5.82 Å². The standard InChI is InChI=1S/C13H17FO2/c1-9(15)8-13(2,3)10-5-6-12(16-4)11(14)7-10/h5-7H,8H2,1-4H3. The Bertz CT molecular complexity index is 397. The molecule has 0 saturated heterocycles. The Morgan fingerprint density at radius 2 is 2.06 bits per heavy atom. The zero-order valence-electron chi connectivity index (χ0n) is 10.1. The first-order valence-electron chi connectivity index (χ1n) is 5.20. The van der Waals surface area contributed by atoms with Crippen molar-refractivity contribution < 1.29 is 13.9 Å². The van der Waals surface area contributed by atoms with Gasteiger partial charge in [0, 0.05) is 6.42 Å². The molecule has 16 heavy (non-hydrogen) atoms. The Morgan fingerprint density at radius 1 is 1.44 bits per heavy atom. The molecular formula is C13H17FO2. The van der Waals surface area contributed by atoms with Gasteiger partial charge in [-0.15, -0.1) is 0 Å². The highest BCUT2D eigenvalue weighted by Gasteiger charge is 2.23. The third-order valence-electron chi connectivity index (χ3n) is 2.62. The Hall–Kier alpha value is -1.38. The van der Waals surface area contributed by atoms with E-state index in [0.717, 1.165) is 5.56 Å². The first-order chi connectivity index (χ1) is 7.36. The van der Waals surface area contributed by atoms with Crippen molar-refractivity contribution in [3.63, 3.8) is 0 Å². The molecule has 1 aromatic carbocycles. The van der Waals surface area contributed by atoms with Crippen molar-refractivity contribution in [3.8, 4) is 5.75 Å². The summed E-state index contributed by atoms with van der Waals surface area (Å²) >= 11 is 0. The molecule has 2 nitrogen and oxygen atoms in total. The second kappa shape index (κ2) is 4.64. The van der Waals surface area contributed by atoms with Gasteiger partial charge in [0.2, 0.25) is 0 Å². The van der Waals surface area contributed by atoms with Gasteiger partial charge in [-0.3, -0.25) is 4.79 Å². The van der Waals surface area contributed by atoms with Gasteiger partial charge in [-0.05, 0) is 30.0 Å². The summed E-state index contributed by atoms with van der Waals surface area (Å²) in [6.45, 7) is 5.40. The van der Waals surface area contributed by atoms with Gasteiger partial charge in [-0.25, -0.2) is 4.39 Å². The Morgan fingerprint density at radius 3 is 2.50 bits per heavy atom. The molecule has 1 rings (SSSR count). The number of Topliss-reactive ketones (excluding diaryl/α,β-unsaturated/α-hetero) is 1. The van der Waals surface area contributed by atoms with E-state index in [1.807, 2.05) is 13.8 Å². The van der Waals surface area contributed by atoms with E-state index in [9.17, 15) is 9.18 Å². The van der Waals surface area contributed by atoms with Crippen LogP contribution in [0.3, 0.4) is 0 Å². The van der Waals surface area contributed by atoms with Crippen LogP contribution in [0.25, 0.3) is 0 Å². The molecular weight excluding hydrogens is 207 g/mol. The number of carbonyl (C=O) groups is 1. The van der Waals surface area contributed by atoms with E-state index in [4.69, 9.17) is 4.74 Å². The fourth-order valence-corrected chi connectivity index (χ4v) is 1.81. The van der Waals surface area contributed by atoms with E-state index >= 15 is 0 Å². The Kier molecular flexibility index (Phi) is 3.68. The second-order valence-corrected chi connectivity index (χ2v) is 4.61. The lowest BCUT2D eigenvalue weighted by Gasteiger charge is -2.24. The molecule has 0 bridgehead atoms. The van der Waals surface area contributed by atoms with Crippen molar-refractivity contribution in [1.29, 1.82) is 0 Å². The van der Waals surface area contributed by atoms with Crippen molar-refractivity contribution in [3.05, 3.63) is 29.6 Å². The quantitative estimate of drug-likeness (QED) is 0.785. The predicted octanol–water partition coefficient (Wildman–Crippen LogP) is 3.09. The van der Waals surface area contributed by atoms with Crippen LogP contribution in [0.15, 0.2) is 18.2 Å². The molecule has 88 valence electrons. The molecule has 0 spiro atoms. The molecule has 0 amide bonds. The first-order valence-corrected chi connectivity index (χ1v) is 5.20. The zero-order valence-corrected chi connectivity index (χ0v) is 10.1. The van der Waals surface area contributed by atoms with Gasteiger partial charge in [0.05, 0.1) is 7.11 Å². The minimum Gasteiger partial charge on any atom is -0.494 e. The van der Waals surface area contributed by atoms with Gasteiger partial charge in [0.1, 0.15) is 5.78 Å². The summed E-state index contributed by atoms with van der Waals surface area (Å²) in [5, 5.41) is 0. The lowest BCUT2D eigenvalue weighted by atomic mass is 9.80. The fourth-order valence-electron chi connectivity index (χ4n) is 1.81. The van der Waals surface area contributed by atoms with Gasteiger partial charge in [-0.2, -0.15) is 0 Å². The topological polar surface area (TPSA) is 26.3 Å². The van der Waals surface area contributed by atoms with Crippen LogP contribution >= 0.6 is 0 Å². The van der Waals surface area contributed by atoms with Gasteiger partial charge in [0.25, 0.3) is 0 Å². The lowest BCUT2D eigenvalue weighted by Crippen LogP contribution is -2.20. The minimum absolute atomic E-state index is 0.0984. The highest BCUT2D eigenvalue weighted by Crippen LogP contribution is 2.30. The zero-order chi connectivity index (χ0) is 12.3. The van der Waals surface area contributed by atoms with Gasteiger partial charge < -0.3 is 4.74 Å². The molecule has 0 aliphatic heterocycles. The van der Waals surface area contributed by atoms with Gasteiger partial charge in [-0.1, -0.05) is 19.9 Å². The first kappa shape index (κ1) is 12.7. The van der Waals surface area contributed by atoms with Crippen molar-refractivity contribution >= 4 is 5.78 Å². The minimum atomic E-state index is -0.392. The van der Waals surface area contributed by atoms with Crippen molar-refractivity contribution in [2.45, 2.75) is 32.6 Å². The number of halogens is 1. The van der Waals surface area contributed by atoms with Crippen LogP contribution in [0.4, 0.5) is 4.39 Å². The van der Waals surface area contributed by atoms with E-state index in [1.54, 1.807) is 19.1 Å². The number of rotatable bonds is 4. The third-order valence-corrected chi connectivity index (χ3v) is 2.62. The lowest BCUT2D eigenvalue weighted by molar-refractivity contribution is -0.118. The van der Waals surface area contributed by atoms with Gasteiger partial charge in [0.15, 0.2) is 11.6 Å². The summed E-state index contributed by atoms with van der Waals surface area (Å²) in [4.78, 5) is 11.1. The van der Waals surface area contributed by atoms with E-state index in [2.05, 4.69) is 0 Å². The van der Waals surface area contributed by atoms with Crippen LogP contribution in [-0.4, -0.2) is 12.9 Å². The number of methoxy groups -OCH3 is 1. The molecule has 0 N–H and O–H groups in total. The number of ketones is 1. The molecule has 0 radical (unpaired) electrons. The summed E-state index contributed by atoms with van der Waals surface area (Å²) in [5.74, 6) is -0.0692. The highest BCUT2D eigenvalue weighted by molar-refractivity contribution is 5.77. The third kappa shape index (κ3) is 2.81. The summed E-state index contributed by atoms with van der Waals surface area (Å²) in [7, 11) is 1.43. The Labute approximate surface area is 95.4 Å². The SMILES string of the molecule is COc1ccc(C(C)(C)CC(C)=O)cc1F. The maximum atomic E-state index is 13.5. The van der Waals surface area contributed by atoms with Crippen LogP contribution in [0.1, 0.15) is 32.8 Å². The van der Waals surface area contributed by atoms with E-state index in [1.165, 1.54) is 13.2 Å². The monoisotopic (exact) mass is 224 g/mol. The van der Waals surface area contributed by atoms with Crippen LogP contribution in [-0.2, 0) is 10.2 Å². The van der Waals surface area contributed by atoms with Crippen molar-refractivity contribution in [1.82, 2.24) is 0 Å². The normalized spacial score (nSPS) is 11.3. The molecule has 0 atom stereocenters. The highest BCUT2D eigenvalue weighted by atomic mass is 19.1. The van der Waals surface area contributed by atoms with E-state index in [-0.39, 0.29) is 16.9 Å². The number of carbonyl (C=O) groups excluding carboxylic acids is 1. The fraction of sp³-hybridized carbons (Fsp3) is 0.462. The molecule has 0 saturated carbocycles. The summed E-state index contributed by atoms with van der Waals surface area (Å²) in [6, 6.07) is 4.82. The second-order valence-electron chi connectivity index (χ2n) is 4.61. The van der Waals surface area contributed by atoms with Crippen LogP contribution in [0, 0.1) is 5.82 Å². The maximum absolute atomic E-state index is 13.5. The summed E-state index contributed by atoms with van der Waals surface area (Å²) in [6.07, 6.45) is 0.402. The Balaban J connectivity index is 3.04. The molecule has 0 fully saturated rings. The molecule has 0 aliphatic rings. The molecule has 0 aliphatic carbocycles. The average molecular weight is 224 g/mol. The predicted molar refractivity (Wildman–Crippen MR) is 61.3 cm³/mol. The number of hydrogen-bond donors (Lipinski definition) is 0. The average Bonchev–Trinajstić information content (AvgIpc) is 2.15. The molecule has 0 aromatic heterocycles. The number of benzene rings is 1.